The lowest BCUT2D eigenvalue weighted by Crippen LogP contribution is -2.20. The second-order valence-electron chi connectivity index (χ2n) is 5.98. The van der Waals surface area contributed by atoms with Crippen LogP contribution in [0.4, 0.5) is 0 Å². The Morgan fingerprint density at radius 1 is 0.909 bits per heavy atom. The molecule has 0 aliphatic carbocycles. The zero-order chi connectivity index (χ0) is 16.0. The van der Waals surface area contributed by atoms with Gasteiger partial charge in [0.25, 0.3) is 0 Å². The minimum Gasteiger partial charge on any atom is -0.298 e. The summed E-state index contributed by atoms with van der Waals surface area (Å²) >= 11 is 0. The van der Waals surface area contributed by atoms with Crippen LogP contribution < -0.4 is 0 Å². The molecule has 0 unspecified atom stereocenters. The van der Waals surface area contributed by atoms with Gasteiger partial charge in [-0.25, -0.2) is 0 Å². The molecule has 0 aliphatic heterocycles. The molecular weight excluding hydrogens is 268 g/mol. The highest BCUT2D eigenvalue weighted by molar-refractivity contribution is 5.78. The van der Waals surface area contributed by atoms with Gasteiger partial charge in [0.2, 0.25) is 0 Å². The third-order valence-electron chi connectivity index (χ3n) is 4.67. The number of hydrogen-bond acceptors (Lipinski definition) is 1. The van der Waals surface area contributed by atoms with Crippen molar-refractivity contribution < 1.29 is 4.79 Å². The van der Waals surface area contributed by atoms with Crippen molar-refractivity contribution in [3.63, 3.8) is 0 Å². The van der Waals surface area contributed by atoms with Crippen LogP contribution in [-0.2, 0) is 5.41 Å². The summed E-state index contributed by atoms with van der Waals surface area (Å²) in [7, 11) is 0. The molecule has 0 spiro atoms. The van der Waals surface area contributed by atoms with Crippen molar-refractivity contribution in [3.8, 4) is 0 Å². The summed E-state index contributed by atoms with van der Waals surface area (Å²) in [4.78, 5) is 10.9. The summed E-state index contributed by atoms with van der Waals surface area (Å²) < 4.78 is 0. The van der Waals surface area contributed by atoms with Crippen LogP contribution in [-0.4, -0.2) is 6.29 Å². The zero-order valence-electron chi connectivity index (χ0n) is 13.7. The van der Waals surface area contributed by atoms with E-state index in [1.807, 2.05) is 24.3 Å². The topological polar surface area (TPSA) is 17.1 Å². The van der Waals surface area contributed by atoms with Crippen LogP contribution in [0.1, 0.15) is 60.7 Å². The monoisotopic (exact) mass is 292 g/mol. The van der Waals surface area contributed by atoms with Gasteiger partial charge in [-0.05, 0) is 41.0 Å². The maximum atomic E-state index is 10.9. The number of hydrogen-bond donors (Lipinski definition) is 0. The van der Waals surface area contributed by atoms with Crippen molar-refractivity contribution in [2.24, 2.45) is 0 Å². The molecule has 114 valence electrons. The Bertz CT molecular complexity index is 663. The molecule has 0 fully saturated rings. The van der Waals surface area contributed by atoms with Crippen molar-refractivity contribution in [1.29, 1.82) is 0 Å². The Morgan fingerprint density at radius 2 is 1.59 bits per heavy atom. The molecule has 0 bridgehead atoms. The van der Waals surface area contributed by atoms with Gasteiger partial charge in [-0.3, -0.25) is 4.79 Å². The van der Waals surface area contributed by atoms with Crippen LogP contribution in [0, 0.1) is 0 Å². The Balaban J connectivity index is 2.37. The summed E-state index contributed by atoms with van der Waals surface area (Å²) in [6, 6.07) is 16.3. The number of carbonyl (C=O) groups is 1. The van der Waals surface area contributed by atoms with E-state index in [1.165, 1.54) is 11.1 Å². The molecule has 2 aromatic rings. The Hall–Kier alpha value is -2.15. The first-order chi connectivity index (χ1) is 10.6. The van der Waals surface area contributed by atoms with Crippen LogP contribution in [0.15, 0.2) is 48.5 Å². The third kappa shape index (κ3) is 3.54. The van der Waals surface area contributed by atoms with Crippen LogP contribution in [0.5, 0.6) is 0 Å². The first-order valence-electron chi connectivity index (χ1n) is 7.96. The molecule has 0 N–H and O–H groups in total. The highest BCUT2D eigenvalue weighted by Gasteiger charge is 2.23. The minimum atomic E-state index is 0.200. The smallest absolute Gasteiger partial charge is 0.150 e. The molecule has 1 heteroatoms. The van der Waals surface area contributed by atoms with E-state index in [-0.39, 0.29) is 5.41 Å². The molecule has 0 aromatic heterocycles. The standard InChI is InChI=1S/C21H24O/c1-4-21(3,5-2)20-12-7-6-11-19(20)14-13-17-9-8-10-18(15-17)16-22/h6-16H,4-5H2,1-3H3. The zero-order valence-corrected chi connectivity index (χ0v) is 13.7. The van der Waals surface area contributed by atoms with Gasteiger partial charge in [-0.2, -0.15) is 0 Å². The van der Waals surface area contributed by atoms with Crippen LogP contribution in [0.25, 0.3) is 12.2 Å². The first kappa shape index (κ1) is 16.2. The lowest BCUT2D eigenvalue weighted by molar-refractivity contribution is 0.112. The van der Waals surface area contributed by atoms with E-state index in [4.69, 9.17) is 0 Å². The lowest BCUT2D eigenvalue weighted by atomic mass is 9.75. The molecule has 2 rings (SSSR count). The molecule has 0 aliphatic rings. The third-order valence-corrected chi connectivity index (χ3v) is 4.67. The molecular formula is C21H24O. The Kier molecular flexibility index (Phi) is 5.32. The van der Waals surface area contributed by atoms with Gasteiger partial charge in [0.1, 0.15) is 6.29 Å². The molecule has 1 nitrogen and oxygen atoms in total. The molecule has 0 amide bonds. The van der Waals surface area contributed by atoms with E-state index in [1.54, 1.807) is 0 Å². The van der Waals surface area contributed by atoms with Gasteiger partial charge in [0, 0.05) is 5.56 Å². The van der Waals surface area contributed by atoms with E-state index in [0.29, 0.717) is 5.56 Å². The number of carbonyl (C=O) groups excluding carboxylic acids is 1. The fourth-order valence-electron chi connectivity index (χ4n) is 2.74. The number of benzene rings is 2. The number of rotatable bonds is 6. The quantitative estimate of drug-likeness (QED) is 0.489. The van der Waals surface area contributed by atoms with Crippen molar-refractivity contribution in [2.75, 3.05) is 0 Å². The normalized spacial score (nSPS) is 11.8. The second-order valence-corrected chi connectivity index (χ2v) is 5.98. The molecule has 0 saturated heterocycles. The van der Waals surface area contributed by atoms with Crippen LogP contribution in [0.2, 0.25) is 0 Å². The molecule has 0 radical (unpaired) electrons. The van der Waals surface area contributed by atoms with Gasteiger partial charge >= 0.3 is 0 Å². The lowest BCUT2D eigenvalue weighted by Gasteiger charge is -2.29. The molecule has 0 heterocycles. The number of aldehydes is 1. The highest BCUT2D eigenvalue weighted by Crippen LogP contribution is 2.34. The molecule has 2 aromatic carbocycles. The SMILES string of the molecule is CCC(C)(CC)c1ccccc1C=Cc1cccc(C=O)c1. The average molecular weight is 292 g/mol. The predicted octanol–water partition coefficient (Wildman–Crippen LogP) is 5.75. The van der Waals surface area contributed by atoms with Crippen molar-refractivity contribution in [3.05, 3.63) is 70.8 Å². The first-order valence-corrected chi connectivity index (χ1v) is 7.96. The van der Waals surface area contributed by atoms with Gasteiger partial charge < -0.3 is 0 Å². The van der Waals surface area contributed by atoms with Crippen LogP contribution >= 0.6 is 0 Å². The Morgan fingerprint density at radius 3 is 2.27 bits per heavy atom. The second kappa shape index (κ2) is 7.22. The Labute approximate surface area is 133 Å². The summed E-state index contributed by atoms with van der Waals surface area (Å²) in [5.41, 5.74) is 4.61. The summed E-state index contributed by atoms with van der Waals surface area (Å²) in [5.74, 6) is 0. The highest BCUT2D eigenvalue weighted by atomic mass is 16.1. The van der Waals surface area contributed by atoms with Gasteiger partial charge in [0.05, 0.1) is 0 Å². The van der Waals surface area contributed by atoms with Crippen molar-refractivity contribution in [2.45, 2.75) is 39.0 Å². The fraction of sp³-hybridized carbons (Fsp3) is 0.286. The van der Waals surface area contributed by atoms with Crippen LogP contribution in [0.3, 0.4) is 0 Å². The van der Waals surface area contributed by atoms with E-state index in [9.17, 15) is 4.79 Å². The summed E-state index contributed by atoms with van der Waals surface area (Å²) in [5, 5.41) is 0. The molecule has 0 atom stereocenters. The van der Waals surface area contributed by atoms with E-state index in [2.05, 4.69) is 57.2 Å². The van der Waals surface area contributed by atoms with Gasteiger partial charge in [-0.15, -0.1) is 0 Å². The van der Waals surface area contributed by atoms with Gasteiger partial charge in [-0.1, -0.05) is 75.4 Å². The van der Waals surface area contributed by atoms with Gasteiger partial charge in [0.15, 0.2) is 0 Å². The maximum Gasteiger partial charge on any atom is 0.150 e. The van der Waals surface area contributed by atoms with E-state index < -0.39 is 0 Å². The molecule has 0 saturated carbocycles. The maximum absolute atomic E-state index is 10.9. The largest absolute Gasteiger partial charge is 0.298 e. The fourth-order valence-corrected chi connectivity index (χ4v) is 2.74. The predicted molar refractivity (Wildman–Crippen MR) is 95.1 cm³/mol. The van der Waals surface area contributed by atoms with E-state index >= 15 is 0 Å². The molecule has 22 heavy (non-hydrogen) atoms. The average Bonchev–Trinajstić information content (AvgIpc) is 2.59. The summed E-state index contributed by atoms with van der Waals surface area (Å²) in [6.07, 6.45) is 7.36. The van der Waals surface area contributed by atoms with E-state index in [0.717, 1.165) is 24.7 Å². The van der Waals surface area contributed by atoms with Crippen molar-refractivity contribution >= 4 is 18.4 Å². The minimum absolute atomic E-state index is 0.200. The summed E-state index contributed by atoms with van der Waals surface area (Å²) in [6.45, 7) is 6.82. The van der Waals surface area contributed by atoms with Crippen molar-refractivity contribution in [1.82, 2.24) is 0 Å².